The van der Waals surface area contributed by atoms with Crippen molar-refractivity contribution in [2.75, 3.05) is 6.61 Å². The van der Waals surface area contributed by atoms with Gasteiger partial charge in [-0.15, -0.1) is 0 Å². The van der Waals surface area contributed by atoms with Crippen molar-refractivity contribution in [2.24, 2.45) is 0 Å². The zero-order valence-electron chi connectivity index (χ0n) is 13.0. The summed E-state index contributed by atoms with van der Waals surface area (Å²) in [6.45, 7) is -1.58. The Kier molecular flexibility index (Phi) is 5.11. The summed E-state index contributed by atoms with van der Waals surface area (Å²) in [5, 5.41) is 0.806. The van der Waals surface area contributed by atoms with Crippen LogP contribution in [0.1, 0.15) is 6.92 Å². The van der Waals surface area contributed by atoms with Gasteiger partial charge in [-0.25, -0.2) is 4.98 Å². The molecule has 0 fully saturated rings. The number of benzene rings is 2. The van der Waals surface area contributed by atoms with Crippen molar-refractivity contribution in [1.82, 2.24) is 4.98 Å². The maximum atomic E-state index is 12.4. The van der Waals surface area contributed by atoms with Gasteiger partial charge < -0.3 is 19.0 Å². The fraction of sp³-hybridized carbons (Fsp3) is 0.118. The molecule has 3 rings (SSSR count). The molecule has 1 atom stereocenters. The lowest BCUT2D eigenvalue weighted by Gasteiger charge is -2.16. The van der Waals surface area contributed by atoms with Crippen LogP contribution in [-0.4, -0.2) is 16.5 Å². The van der Waals surface area contributed by atoms with E-state index in [1.165, 1.54) is 0 Å². The van der Waals surface area contributed by atoms with Crippen molar-refractivity contribution in [1.29, 1.82) is 0 Å². The van der Waals surface area contributed by atoms with Gasteiger partial charge in [0.2, 0.25) is 10.8 Å². The predicted molar refractivity (Wildman–Crippen MR) is 94.8 cm³/mol. The highest BCUT2D eigenvalue weighted by Crippen LogP contribution is 2.40. The molecular weight excluding hydrogens is 345 g/mol. The number of fused-ring (bicyclic) bond motifs is 1. The Morgan fingerprint density at radius 2 is 1.88 bits per heavy atom. The number of hydrogen-bond donors (Lipinski definition) is 1. The fourth-order valence-electron chi connectivity index (χ4n) is 2.16. The maximum Gasteiger partial charge on any atom is 0.375 e. The number of hydrogen-bond acceptors (Lipinski definition) is 4. The van der Waals surface area contributed by atoms with Crippen molar-refractivity contribution in [3.63, 3.8) is 0 Å². The maximum absolute atomic E-state index is 12.4. The molecule has 1 unspecified atom stereocenters. The van der Waals surface area contributed by atoms with Gasteiger partial charge in [-0.3, -0.25) is 0 Å². The number of para-hydroxylation sites is 1. The number of pyridine rings is 1. The van der Waals surface area contributed by atoms with E-state index in [4.69, 9.17) is 9.26 Å². The van der Waals surface area contributed by atoms with Crippen LogP contribution in [0.2, 0.25) is 0 Å². The molecule has 0 aliphatic carbocycles. The van der Waals surface area contributed by atoms with E-state index in [0.29, 0.717) is 22.9 Å². The summed E-state index contributed by atoms with van der Waals surface area (Å²) in [6.07, 6.45) is 0. The third-order valence-corrected chi connectivity index (χ3v) is 5.82. The summed E-state index contributed by atoms with van der Waals surface area (Å²) in [5.41, 5.74) is 0.492. The summed E-state index contributed by atoms with van der Waals surface area (Å²) in [5.74, 6) is 0.702. The molecule has 0 saturated heterocycles. The molecule has 0 bridgehead atoms. The van der Waals surface area contributed by atoms with Crippen molar-refractivity contribution in [3.8, 4) is 11.6 Å². The lowest BCUT2D eigenvalue weighted by Crippen LogP contribution is -2.08. The molecule has 5 nitrogen and oxygen atoms in total. The van der Waals surface area contributed by atoms with Gasteiger partial charge in [0.1, 0.15) is 5.52 Å². The van der Waals surface area contributed by atoms with Crippen LogP contribution in [0.4, 0.5) is 0 Å². The first-order valence-corrected chi connectivity index (χ1v) is 10.4. The van der Waals surface area contributed by atoms with Crippen LogP contribution in [0.15, 0.2) is 65.6 Å². The lowest BCUT2D eigenvalue weighted by molar-refractivity contribution is -0.193. The second-order valence-electron chi connectivity index (χ2n) is 4.87. The number of nitrogens with zero attached hydrogens (tertiary/aromatic N) is 1. The molecule has 2 aromatic carbocycles. The van der Waals surface area contributed by atoms with Gasteiger partial charge in [-0.1, -0.05) is 30.3 Å². The molecule has 7 heteroatoms. The molecule has 24 heavy (non-hydrogen) atoms. The largest absolute Gasteiger partial charge is 0.731 e. The third-order valence-electron chi connectivity index (χ3n) is 3.13. The molecule has 124 valence electrons. The van der Waals surface area contributed by atoms with Crippen LogP contribution in [0.5, 0.6) is 11.6 Å². The number of ether oxygens (including phenoxy) is 1. The average molecular weight is 361 g/mol. The van der Waals surface area contributed by atoms with Gasteiger partial charge >= 0.3 is 6.72 Å². The van der Waals surface area contributed by atoms with E-state index in [2.05, 4.69) is 4.98 Å². The molecule has 0 aliphatic rings. The Balaban J connectivity index is 1.99. The summed E-state index contributed by atoms with van der Waals surface area (Å²) in [7, 11) is 0.794. The smallest absolute Gasteiger partial charge is 0.375 e. The molecule has 3 aromatic rings. The summed E-state index contributed by atoms with van der Waals surface area (Å²) in [6, 6.07) is 17.8. The zero-order chi connectivity index (χ0) is 17.0. The molecule has 0 radical (unpaired) electrons. The lowest BCUT2D eigenvalue weighted by atomic mass is 10.2. The van der Waals surface area contributed by atoms with E-state index in [9.17, 15) is 9.79 Å². The van der Waals surface area contributed by atoms with Gasteiger partial charge in [0, 0.05) is 23.6 Å². The predicted octanol–water partition coefficient (Wildman–Crippen LogP) is 3.18. The average Bonchev–Trinajstić information content (AvgIpc) is 2.56. The molecule has 0 aliphatic heterocycles. The minimum atomic E-state index is -3.94. The van der Waals surface area contributed by atoms with Crippen molar-refractivity contribution < 1.29 is 19.0 Å². The van der Waals surface area contributed by atoms with E-state index in [1.807, 2.05) is 25.1 Å². The highest BCUT2D eigenvalue weighted by Gasteiger charge is 2.19. The van der Waals surface area contributed by atoms with E-state index in [0.717, 1.165) is 16.3 Å². The first-order valence-electron chi connectivity index (χ1n) is 7.37. The van der Waals surface area contributed by atoms with Gasteiger partial charge in [0.15, 0.2) is 5.75 Å². The van der Waals surface area contributed by atoms with Gasteiger partial charge in [-0.2, -0.15) is 0 Å². The van der Waals surface area contributed by atoms with E-state index in [-0.39, 0.29) is 5.75 Å². The molecule has 1 aromatic heterocycles. The highest BCUT2D eigenvalue weighted by atomic mass is 32.5. The first kappa shape index (κ1) is 16.9. The van der Waals surface area contributed by atoms with Crippen LogP contribution < -0.4 is 14.2 Å². The van der Waals surface area contributed by atoms with Crippen LogP contribution in [0.25, 0.3) is 10.9 Å². The third kappa shape index (κ3) is 4.10. The molecular formula is C17H16NO4PS. The quantitative estimate of drug-likeness (QED) is 0.558. The van der Waals surface area contributed by atoms with E-state index in [1.54, 1.807) is 42.5 Å². The van der Waals surface area contributed by atoms with Crippen LogP contribution in [-0.2, 0) is 10.9 Å². The molecule has 0 spiro atoms. The molecule has 0 saturated carbocycles. The Labute approximate surface area is 143 Å². The van der Waals surface area contributed by atoms with Gasteiger partial charge in [0.05, 0.1) is 6.61 Å². The standard InChI is InChI=1S/C17H16NO4PS/c1-2-21-16-12-11-13-7-6-10-15(17(13)18-16)22-23(19,20)24-14-8-4-3-5-9-14/h3-12H,2H2,1H3,(H-,19,20). The van der Waals surface area contributed by atoms with Gasteiger partial charge in [0.25, 0.3) is 10.9 Å². The minimum absolute atomic E-state index is 0.253. The molecule has 1 heterocycles. The van der Waals surface area contributed by atoms with Crippen molar-refractivity contribution in [3.05, 3.63) is 60.7 Å². The summed E-state index contributed by atoms with van der Waals surface area (Å²) in [4.78, 5) is 27.7. The summed E-state index contributed by atoms with van der Waals surface area (Å²) >= 11 is 0. The Morgan fingerprint density at radius 3 is 2.62 bits per heavy atom. The Morgan fingerprint density at radius 1 is 1.08 bits per heavy atom. The fourth-order valence-corrected chi connectivity index (χ4v) is 4.66. The Hall–Kier alpha value is -1.98. The monoisotopic (exact) mass is 361 g/mol. The van der Waals surface area contributed by atoms with Gasteiger partial charge in [-0.05, 0) is 19.1 Å². The first-order chi connectivity index (χ1) is 11.6. The van der Waals surface area contributed by atoms with Crippen LogP contribution in [0.3, 0.4) is 0 Å². The SMILES string of the molecule is CCOc1ccc2cccc(OP([O-])(O)=[S+]c3ccccc3)c2n1. The highest BCUT2D eigenvalue weighted by molar-refractivity contribution is 8.16. The number of aromatic nitrogens is 1. The Bertz CT molecular complexity index is 895. The molecule has 0 amide bonds. The van der Waals surface area contributed by atoms with E-state index >= 15 is 0 Å². The summed E-state index contributed by atoms with van der Waals surface area (Å²) < 4.78 is 10.8. The zero-order valence-corrected chi connectivity index (χ0v) is 14.7. The second-order valence-corrected chi connectivity index (χ2v) is 8.58. The molecule has 1 N–H and O–H groups in total. The normalized spacial score (nSPS) is 13.3. The topological polar surface area (TPSA) is 74.6 Å². The van der Waals surface area contributed by atoms with Crippen molar-refractivity contribution in [2.45, 2.75) is 11.8 Å². The van der Waals surface area contributed by atoms with Crippen molar-refractivity contribution >= 4 is 28.6 Å². The minimum Gasteiger partial charge on any atom is -0.731 e. The number of rotatable bonds is 5. The van der Waals surface area contributed by atoms with Crippen LogP contribution in [0, 0.1) is 0 Å². The van der Waals surface area contributed by atoms with E-state index < -0.39 is 6.72 Å². The second kappa shape index (κ2) is 7.28. The van der Waals surface area contributed by atoms with Crippen LogP contribution >= 0.6 is 6.72 Å².